The summed E-state index contributed by atoms with van der Waals surface area (Å²) in [6.07, 6.45) is 2.35. The number of carbonyl (C=O) groups is 1. The van der Waals surface area contributed by atoms with Gasteiger partial charge in [-0.2, -0.15) is 0 Å². The lowest BCUT2D eigenvalue weighted by atomic mass is 10.00. The molecule has 4 nitrogen and oxygen atoms in total. The second kappa shape index (κ2) is 6.01. The van der Waals surface area contributed by atoms with Crippen LogP contribution in [0.5, 0.6) is 0 Å². The van der Waals surface area contributed by atoms with E-state index in [2.05, 4.69) is 4.90 Å². The standard InChI is InChI=1S/C18H24N2O2/c21-18-17-13-19(10-14-6-8-22-9-7-14)11-15(17)12-20(18)16-4-2-1-3-5-16/h1-5,14-15,17H,6-13H2/t15-,17-/m0/s1. The highest BCUT2D eigenvalue weighted by molar-refractivity contribution is 5.98. The quantitative estimate of drug-likeness (QED) is 0.856. The zero-order chi connectivity index (χ0) is 14.9. The summed E-state index contributed by atoms with van der Waals surface area (Å²) in [6, 6.07) is 10.1. The van der Waals surface area contributed by atoms with Crippen LogP contribution in [0.15, 0.2) is 30.3 Å². The van der Waals surface area contributed by atoms with Crippen molar-refractivity contribution in [3.63, 3.8) is 0 Å². The van der Waals surface area contributed by atoms with Gasteiger partial charge in [-0.25, -0.2) is 0 Å². The molecule has 0 saturated carbocycles. The van der Waals surface area contributed by atoms with Crippen molar-refractivity contribution in [2.45, 2.75) is 12.8 Å². The molecule has 1 aromatic carbocycles. The number of nitrogens with zero attached hydrogens (tertiary/aromatic N) is 2. The van der Waals surface area contributed by atoms with E-state index in [9.17, 15) is 4.79 Å². The molecule has 0 bridgehead atoms. The summed E-state index contributed by atoms with van der Waals surface area (Å²) in [6.45, 7) is 5.88. The highest BCUT2D eigenvalue weighted by Crippen LogP contribution is 2.35. The molecule has 0 aliphatic carbocycles. The van der Waals surface area contributed by atoms with E-state index < -0.39 is 0 Å². The predicted molar refractivity (Wildman–Crippen MR) is 85.8 cm³/mol. The van der Waals surface area contributed by atoms with Gasteiger partial charge in [0.2, 0.25) is 5.91 Å². The van der Waals surface area contributed by atoms with E-state index in [0.717, 1.165) is 51.0 Å². The molecule has 0 radical (unpaired) electrons. The van der Waals surface area contributed by atoms with Crippen molar-refractivity contribution in [1.82, 2.24) is 4.90 Å². The number of ether oxygens (including phenoxy) is 1. The molecular formula is C18H24N2O2. The van der Waals surface area contributed by atoms with Crippen LogP contribution in [0.25, 0.3) is 0 Å². The molecule has 1 aromatic rings. The van der Waals surface area contributed by atoms with E-state index in [-0.39, 0.29) is 5.92 Å². The second-order valence-corrected chi connectivity index (χ2v) is 6.93. The third-order valence-corrected chi connectivity index (χ3v) is 5.44. The topological polar surface area (TPSA) is 32.8 Å². The average molecular weight is 300 g/mol. The van der Waals surface area contributed by atoms with E-state index >= 15 is 0 Å². The molecule has 3 aliphatic heterocycles. The van der Waals surface area contributed by atoms with Crippen LogP contribution in [0.4, 0.5) is 5.69 Å². The third kappa shape index (κ3) is 2.66. The van der Waals surface area contributed by atoms with Crippen molar-refractivity contribution in [1.29, 1.82) is 0 Å². The SMILES string of the molecule is O=C1[C@H]2CN(CC3CCOCC3)C[C@H]2CN1c1ccccc1. The Morgan fingerprint density at radius 1 is 1.05 bits per heavy atom. The smallest absolute Gasteiger partial charge is 0.231 e. The molecule has 3 fully saturated rings. The fraction of sp³-hybridized carbons (Fsp3) is 0.611. The van der Waals surface area contributed by atoms with Crippen molar-refractivity contribution < 1.29 is 9.53 Å². The molecule has 3 heterocycles. The summed E-state index contributed by atoms with van der Waals surface area (Å²) in [5.74, 6) is 1.80. The minimum absolute atomic E-state index is 0.208. The first kappa shape index (κ1) is 14.2. The van der Waals surface area contributed by atoms with Crippen LogP contribution in [0.1, 0.15) is 12.8 Å². The highest BCUT2D eigenvalue weighted by atomic mass is 16.5. The van der Waals surface area contributed by atoms with Crippen LogP contribution in [-0.2, 0) is 9.53 Å². The molecule has 0 N–H and O–H groups in total. The summed E-state index contributed by atoms with van der Waals surface area (Å²) in [5, 5.41) is 0. The fourth-order valence-corrected chi connectivity index (χ4v) is 4.23. The van der Waals surface area contributed by atoms with E-state index in [1.54, 1.807) is 0 Å². The van der Waals surface area contributed by atoms with Gasteiger partial charge in [-0.3, -0.25) is 4.79 Å². The minimum atomic E-state index is 0.208. The molecule has 2 atom stereocenters. The third-order valence-electron chi connectivity index (χ3n) is 5.44. The number of hydrogen-bond donors (Lipinski definition) is 0. The van der Waals surface area contributed by atoms with Gasteiger partial charge in [0.15, 0.2) is 0 Å². The van der Waals surface area contributed by atoms with Crippen LogP contribution in [0, 0.1) is 17.8 Å². The van der Waals surface area contributed by atoms with Crippen molar-refractivity contribution in [2.24, 2.45) is 17.8 Å². The number of amides is 1. The Hall–Kier alpha value is -1.39. The molecule has 0 aromatic heterocycles. The van der Waals surface area contributed by atoms with Crippen molar-refractivity contribution >= 4 is 11.6 Å². The maximum atomic E-state index is 12.7. The number of rotatable bonds is 3. The lowest BCUT2D eigenvalue weighted by Crippen LogP contribution is -2.36. The largest absolute Gasteiger partial charge is 0.381 e. The van der Waals surface area contributed by atoms with E-state index in [1.165, 1.54) is 12.8 Å². The van der Waals surface area contributed by atoms with Crippen molar-refractivity contribution in [3.8, 4) is 0 Å². The molecule has 4 heteroatoms. The average Bonchev–Trinajstić information content (AvgIpc) is 3.08. The van der Waals surface area contributed by atoms with E-state index in [4.69, 9.17) is 4.74 Å². The number of fused-ring (bicyclic) bond motifs is 1. The molecule has 0 unspecified atom stereocenters. The second-order valence-electron chi connectivity index (χ2n) is 6.93. The molecule has 22 heavy (non-hydrogen) atoms. The van der Waals surface area contributed by atoms with Crippen LogP contribution in [-0.4, -0.2) is 50.2 Å². The summed E-state index contributed by atoms with van der Waals surface area (Å²) in [4.78, 5) is 17.2. The Balaban J connectivity index is 1.37. The number of anilines is 1. The van der Waals surface area contributed by atoms with Crippen LogP contribution < -0.4 is 4.90 Å². The summed E-state index contributed by atoms with van der Waals surface area (Å²) >= 11 is 0. The lowest BCUT2D eigenvalue weighted by Gasteiger charge is -2.28. The van der Waals surface area contributed by atoms with E-state index in [1.807, 2.05) is 35.2 Å². The van der Waals surface area contributed by atoms with Crippen LogP contribution in [0.2, 0.25) is 0 Å². The molecule has 0 spiro atoms. The Kier molecular flexibility index (Phi) is 3.89. The Labute approximate surface area is 132 Å². The highest BCUT2D eigenvalue weighted by Gasteiger charge is 2.46. The molecular weight excluding hydrogens is 276 g/mol. The number of likely N-dealkylation sites (tertiary alicyclic amines) is 1. The van der Waals surface area contributed by atoms with Gasteiger partial charge in [0.1, 0.15) is 0 Å². The first-order valence-electron chi connectivity index (χ1n) is 8.48. The summed E-state index contributed by atoms with van der Waals surface area (Å²) < 4.78 is 5.44. The normalized spacial score (nSPS) is 30.0. The maximum Gasteiger partial charge on any atom is 0.231 e. The number of para-hydroxylation sites is 1. The van der Waals surface area contributed by atoms with Gasteiger partial charge in [0.25, 0.3) is 0 Å². The lowest BCUT2D eigenvalue weighted by molar-refractivity contribution is -0.120. The maximum absolute atomic E-state index is 12.7. The van der Waals surface area contributed by atoms with Crippen molar-refractivity contribution in [3.05, 3.63) is 30.3 Å². The Bertz CT molecular complexity index is 527. The van der Waals surface area contributed by atoms with Gasteiger partial charge in [-0.05, 0) is 30.9 Å². The first-order valence-corrected chi connectivity index (χ1v) is 8.48. The van der Waals surface area contributed by atoms with Gasteiger partial charge >= 0.3 is 0 Å². The monoisotopic (exact) mass is 300 g/mol. The van der Waals surface area contributed by atoms with Gasteiger partial charge in [0.05, 0.1) is 5.92 Å². The summed E-state index contributed by atoms with van der Waals surface area (Å²) in [5.41, 5.74) is 1.05. The zero-order valence-corrected chi connectivity index (χ0v) is 13.0. The predicted octanol–water partition coefficient (Wildman–Crippen LogP) is 2.01. The molecule has 3 saturated heterocycles. The van der Waals surface area contributed by atoms with Crippen LogP contribution >= 0.6 is 0 Å². The first-order chi connectivity index (χ1) is 10.8. The van der Waals surface area contributed by atoms with Gasteiger partial charge in [0, 0.05) is 51.0 Å². The number of carbonyl (C=O) groups excluding carboxylic acids is 1. The van der Waals surface area contributed by atoms with Crippen LogP contribution in [0.3, 0.4) is 0 Å². The fourth-order valence-electron chi connectivity index (χ4n) is 4.23. The Morgan fingerprint density at radius 2 is 1.82 bits per heavy atom. The van der Waals surface area contributed by atoms with E-state index in [0.29, 0.717) is 11.8 Å². The number of hydrogen-bond acceptors (Lipinski definition) is 3. The molecule has 1 amide bonds. The summed E-state index contributed by atoms with van der Waals surface area (Å²) in [7, 11) is 0. The van der Waals surface area contributed by atoms with Gasteiger partial charge in [-0.15, -0.1) is 0 Å². The zero-order valence-electron chi connectivity index (χ0n) is 13.0. The molecule has 4 rings (SSSR count). The molecule has 118 valence electrons. The Morgan fingerprint density at radius 3 is 2.55 bits per heavy atom. The van der Waals surface area contributed by atoms with Crippen molar-refractivity contribution in [2.75, 3.05) is 44.3 Å². The minimum Gasteiger partial charge on any atom is -0.381 e. The van der Waals surface area contributed by atoms with Gasteiger partial charge < -0.3 is 14.5 Å². The number of benzene rings is 1. The molecule has 3 aliphatic rings. The van der Waals surface area contributed by atoms with Gasteiger partial charge in [-0.1, -0.05) is 18.2 Å².